The van der Waals surface area contributed by atoms with Crippen LogP contribution in [0, 0.1) is 6.92 Å². The van der Waals surface area contributed by atoms with E-state index in [9.17, 15) is 14.4 Å². The first-order valence-electron chi connectivity index (χ1n) is 9.50. The Labute approximate surface area is 178 Å². The molecule has 154 valence electrons. The third-order valence-electron chi connectivity index (χ3n) is 5.40. The van der Waals surface area contributed by atoms with E-state index in [-0.39, 0.29) is 18.4 Å². The molecule has 3 aliphatic rings. The van der Waals surface area contributed by atoms with Crippen molar-refractivity contribution in [1.29, 1.82) is 0 Å². The van der Waals surface area contributed by atoms with E-state index >= 15 is 0 Å². The summed E-state index contributed by atoms with van der Waals surface area (Å²) in [4.78, 5) is 43.2. The van der Waals surface area contributed by atoms with Gasteiger partial charge in [-0.3, -0.25) is 14.5 Å². The molecule has 4 rings (SSSR count). The van der Waals surface area contributed by atoms with Crippen molar-refractivity contribution < 1.29 is 14.4 Å². The molecule has 0 radical (unpaired) electrons. The summed E-state index contributed by atoms with van der Waals surface area (Å²) < 4.78 is 2.98. The number of benzene rings is 1. The van der Waals surface area contributed by atoms with E-state index in [4.69, 9.17) is 11.6 Å². The summed E-state index contributed by atoms with van der Waals surface area (Å²) in [5, 5.41) is 3.41. The maximum atomic E-state index is 13.1. The van der Waals surface area contributed by atoms with Crippen molar-refractivity contribution in [3.8, 4) is 0 Å². The van der Waals surface area contributed by atoms with Crippen LogP contribution in [0.1, 0.15) is 12.5 Å². The molecule has 2 N–H and O–H groups in total. The molecule has 1 aromatic carbocycles. The number of nitrogens with zero attached hydrogens (tertiary/aromatic N) is 3. The second kappa shape index (κ2) is 7.89. The van der Waals surface area contributed by atoms with Gasteiger partial charge in [0.15, 0.2) is 0 Å². The molecular weight excluding hydrogens is 414 g/mol. The molecule has 0 aliphatic carbocycles. The number of fused-ring (bicyclic) bond motifs is 1. The van der Waals surface area contributed by atoms with Crippen molar-refractivity contribution in [3.63, 3.8) is 0 Å². The second-order valence-corrected chi connectivity index (χ2v) is 8.40. The highest BCUT2D eigenvalue weighted by molar-refractivity contribution is 8.02. The van der Waals surface area contributed by atoms with Crippen LogP contribution in [0.25, 0.3) is 0 Å². The van der Waals surface area contributed by atoms with Crippen molar-refractivity contribution in [2.24, 2.45) is 0 Å². The molecule has 10 heteroatoms. The van der Waals surface area contributed by atoms with Crippen LogP contribution in [-0.4, -0.2) is 66.4 Å². The number of carbonyl (C=O) groups excluding carboxylic acids is 3. The Bertz CT molecular complexity index is 913. The highest BCUT2D eigenvalue weighted by Crippen LogP contribution is 2.32. The lowest BCUT2D eigenvalue weighted by molar-refractivity contribution is -0.129. The van der Waals surface area contributed by atoms with Crippen molar-refractivity contribution >= 4 is 47.1 Å². The maximum Gasteiger partial charge on any atom is 0.328 e. The predicted octanol–water partition coefficient (Wildman–Crippen LogP) is 1.70. The van der Waals surface area contributed by atoms with Crippen molar-refractivity contribution in [1.82, 2.24) is 19.8 Å². The molecule has 4 amide bonds. The maximum absolute atomic E-state index is 13.1. The number of amides is 4. The van der Waals surface area contributed by atoms with Crippen LogP contribution in [-0.2, 0) is 9.59 Å². The fourth-order valence-electron chi connectivity index (χ4n) is 3.78. The smallest absolute Gasteiger partial charge is 0.328 e. The Kier molecular flexibility index (Phi) is 5.46. The SMILES string of the molecule is CCN1C(=O)NC2=C(C(=O)N3CCN(c4cc(Cl)ccc4C)CC3)SNC2C1=O. The number of halogens is 1. The monoisotopic (exact) mass is 435 g/mol. The lowest BCUT2D eigenvalue weighted by Gasteiger charge is -2.37. The number of likely N-dealkylation sites (N-methyl/N-ethyl adjacent to an activating group) is 1. The normalized spacial score (nSPS) is 22.2. The number of anilines is 1. The quantitative estimate of drug-likeness (QED) is 0.703. The molecular formula is C19H22ClN5O3S. The topological polar surface area (TPSA) is 85.0 Å². The minimum atomic E-state index is -0.688. The van der Waals surface area contributed by atoms with Gasteiger partial charge in [-0.2, -0.15) is 0 Å². The van der Waals surface area contributed by atoms with Crippen LogP contribution >= 0.6 is 23.5 Å². The van der Waals surface area contributed by atoms with Crippen molar-refractivity contribution in [2.45, 2.75) is 19.9 Å². The summed E-state index contributed by atoms with van der Waals surface area (Å²) in [6.45, 7) is 6.54. The zero-order chi connectivity index (χ0) is 20.7. The minimum absolute atomic E-state index is 0.166. The van der Waals surface area contributed by atoms with E-state index in [2.05, 4.69) is 14.9 Å². The molecule has 1 aromatic rings. The number of imide groups is 1. The van der Waals surface area contributed by atoms with Gasteiger partial charge in [-0.15, -0.1) is 0 Å². The average molecular weight is 436 g/mol. The van der Waals surface area contributed by atoms with Crippen LogP contribution in [0.4, 0.5) is 10.5 Å². The lowest BCUT2D eigenvalue weighted by atomic mass is 10.1. The Morgan fingerprint density at radius 2 is 1.97 bits per heavy atom. The van der Waals surface area contributed by atoms with Gasteiger partial charge in [0.1, 0.15) is 10.9 Å². The van der Waals surface area contributed by atoms with E-state index in [0.29, 0.717) is 41.8 Å². The first-order valence-corrected chi connectivity index (χ1v) is 10.7. The summed E-state index contributed by atoms with van der Waals surface area (Å²) >= 11 is 7.25. The molecule has 3 heterocycles. The molecule has 1 unspecified atom stereocenters. The van der Waals surface area contributed by atoms with Crippen LogP contribution < -0.4 is 14.9 Å². The summed E-state index contributed by atoms with van der Waals surface area (Å²) in [6.07, 6.45) is 0. The Morgan fingerprint density at radius 1 is 1.24 bits per heavy atom. The van der Waals surface area contributed by atoms with Gasteiger partial charge in [-0.25, -0.2) is 9.52 Å². The molecule has 0 spiro atoms. The van der Waals surface area contributed by atoms with Crippen LogP contribution in [0.15, 0.2) is 28.8 Å². The van der Waals surface area contributed by atoms with Crippen LogP contribution in [0.3, 0.4) is 0 Å². The van der Waals surface area contributed by atoms with E-state index in [0.717, 1.165) is 28.1 Å². The largest absolute Gasteiger partial charge is 0.368 e. The molecule has 0 bridgehead atoms. The summed E-state index contributed by atoms with van der Waals surface area (Å²) in [6, 6.07) is 4.63. The number of rotatable bonds is 3. The fraction of sp³-hybridized carbons (Fsp3) is 0.421. The van der Waals surface area contributed by atoms with Gasteiger partial charge in [-0.1, -0.05) is 17.7 Å². The Hall–Kier alpha value is -2.23. The van der Waals surface area contributed by atoms with Gasteiger partial charge < -0.3 is 15.1 Å². The molecule has 2 fully saturated rings. The fourth-order valence-corrected chi connectivity index (χ4v) is 4.90. The van der Waals surface area contributed by atoms with Crippen LogP contribution in [0.5, 0.6) is 0 Å². The number of urea groups is 1. The van der Waals surface area contributed by atoms with E-state index < -0.39 is 12.1 Å². The number of nitrogens with one attached hydrogen (secondary N) is 2. The number of hydrogen-bond donors (Lipinski definition) is 2. The van der Waals surface area contributed by atoms with Gasteiger partial charge in [0.2, 0.25) is 0 Å². The summed E-state index contributed by atoms with van der Waals surface area (Å²) in [5.74, 6) is -0.497. The number of aryl methyl sites for hydroxylation is 1. The first kappa shape index (κ1) is 20.1. The van der Waals surface area contributed by atoms with Crippen molar-refractivity contribution in [2.75, 3.05) is 37.6 Å². The van der Waals surface area contributed by atoms with Gasteiger partial charge in [0.05, 0.1) is 5.70 Å². The van der Waals surface area contributed by atoms with Crippen LogP contribution in [0.2, 0.25) is 5.02 Å². The number of carbonyl (C=O) groups is 3. The molecule has 2 saturated heterocycles. The highest BCUT2D eigenvalue weighted by atomic mass is 35.5. The zero-order valence-corrected chi connectivity index (χ0v) is 17.8. The molecule has 1 atom stereocenters. The third kappa shape index (κ3) is 3.58. The van der Waals surface area contributed by atoms with Crippen molar-refractivity contribution in [3.05, 3.63) is 39.4 Å². The lowest BCUT2D eigenvalue weighted by Crippen LogP contribution is -2.58. The highest BCUT2D eigenvalue weighted by Gasteiger charge is 2.44. The Morgan fingerprint density at radius 3 is 2.66 bits per heavy atom. The molecule has 8 nitrogen and oxygen atoms in total. The van der Waals surface area contributed by atoms with Gasteiger partial charge in [0.25, 0.3) is 11.8 Å². The molecule has 0 saturated carbocycles. The second-order valence-electron chi connectivity index (χ2n) is 7.12. The predicted molar refractivity (Wildman–Crippen MR) is 112 cm³/mol. The molecule has 3 aliphatic heterocycles. The van der Waals surface area contributed by atoms with E-state index in [1.54, 1.807) is 11.8 Å². The molecule has 0 aromatic heterocycles. The summed E-state index contributed by atoms with van der Waals surface area (Å²) in [7, 11) is 0. The summed E-state index contributed by atoms with van der Waals surface area (Å²) in [5.41, 5.74) is 2.59. The third-order valence-corrected chi connectivity index (χ3v) is 6.59. The number of piperazine rings is 1. The average Bonchev–Trinajstić information content (AvgIpc) is 3.13. The standard InChI is InChI=1S/C19H22ClN5O3S/c1-3-25-17(26)15-14(21-19(25)28)16(29-22-15)18(27)24-8-6-23(7-9-24)13-10-12(20)5-4-11(13)2/h4-5,10,15,22H,3,6-9H2,1-2H3,(H,21,28). The number of hydrogen-bond acceptors (Lipinski definition) is 6. The van der Waals surface area contributed by atoms with Gasteiger partial charge in [-0.05, 0) is 43.5 Å². The van der Waals surface area contributed by atoms with E-state index in [1.807, 2.05) is 25.1 Å². The van der Waals surface area contributed by atoms with Gasteiger partial charge in [0, 0.05) is 43.4 Å². The minimum Gasteiger partial charge on any atom is -0.368 e. The first-order chi connectivity index (χ1) is 13.9. The Balaban J connectivity index is 1.47. The zero-order valence-electron chi connectivity index (χ0n) is 16.2. The molecule has 29 heavy (non-hydrogen) atoms. The van der Waals surface area contributed by atoms with E-state index in [1.165, 1.54) is 0 Å². The van der Waals surface area contributed by atoms with Gasteiger partial charge >= 0.3 is 6.03 Å².